The van der Waals surface area contributed by atoms with Gasteiger partial charge in [0.05, 0.1) is 6.54 Å². The van der Waals surface area contributed by atoms with Crippen LogP contribution < -0.4 is 5.32 Å². The van der Waals surface area contributed by atoms with E-state index in [2.05, 4.69) is 35.7 Å². The molecule has 206 valence electrons. The van der Waals surface area contributed by atoms with Crippen LogP contribution in [0.4, 0.5) is 15.3 Å². The number of rotatable bonds is 3. The van der Waals surface area contributed by atoms with E-state index < -0.39 is 5.60 Å². The molecule has 0 bridgehead atoms. The number of hydrogen-bond acceptors (Lipinski definition) is 3. The Balaban J connectivity index is 1.42. The highest BCUT2D eigenvalue weighted by atomic mass is 16.6. The van der Waals surface area contributed by atoms with Crippen molar-refractivity contribution in [2.75, 3.05) is 25.0 Å². The molecule has 3 aliphatic rings. The first-order valence-corrected chi connectivity index (χ1v) is 14.4. The number of carbonyl (C=O) groups is 2. The van der Waals surface area contributed by atoms with Gasteiger partial charge in [0, 0.05) is 24.5 Å². The van der Waals surface area contributed by atoms with Gasteiger partial charge in [-0.3, -0.25) is 4.90 Å². The first-order valence-electron chi connectivity index (χ1n) is 14.4. The van der Waals surface area contributed by atoms with Gasteiger partial charge in [-0.05, 0) is 86.8 Å². The molecule has 2 aromatic rings. The van der Waals surface area contributed by atoms with Crippen molar-refractivity contribution in [3.05, 3.63) is 83.1 Å². The van der Waals surface area contributed by atoms with E-state index in [1.165, 1.54) is 48.8 Å². The van der Waals surface area contributed by atoms with Crippen LogP contribution in [0.15, 0.2) is 71.9 Å². The van der Waals surface area contributed by atoms with E-state index in [1.807, 2.05) is 56.0 Å². The van der Waals surface area contributed by atoms with Crippen molar-refractivity contribution in [2.45, 2.75) is 77.2 Å². The van der Waals surface area contributed by atoms with Gasteiger partial charge in [-0.25, -0.2) is 9.59 Å². The smallest absolute Gasteiger partial charge is 0.410 e. The van der Waals surface area contributed by atoms with Crippen molar-refractivity contribution in [3.8, 4) is 0 Å². The van der Waals surface area contributed by atoms with Crippen LogP contribution in [0.2, 0.25) is 0 Å². The van der Waals surface area contributed by atoms with Crippen molar-refractivity contribution >= 4 is 23.4 Å². The quantitative estimate of drug-likeness (QED) is 0.441. The minimum Gasteiger partial charge on any atom is -0.444 e. The zero-order valence-electron chi connectivity index (χ0n) is 23.5. The molecule has 6 heteroatoms. The summed E-state index contributed by atoms with van der Waals surface area (Å²) in [6, 6.07) is 18.4. The minimum absolute atomic E-state index is 0.173. The van der Waals surface area contributed by atoms with Crippen molar-refractivity contribution < 1.29 is 14.3 Å². The number of carbonyl (C=O) groups excluding carboxylic acids is 2. The summed E-state index contributed by atoms with van der Waals surface area (Å²) in [7, 11) is 0. The first kappa shape index (κ1) is 27.0. The minimum atomic E-state index is -0.585. The number of amides is 3. The van der Waals surface area contributed by atoms with Gasteiger partial charge in [0.1, 0.15) is 5.60 Å². The molecule has 2 aliphatic carbocycles. The van der Waals surface area contributed by atoms with Crippen LogP contribution >= 0.6 is 0 Å². The third kappa shape index (κ3) is 6.73. The lowest BCUT2D eigenvalue weighted by Gasteiger charge is -2.28. The van der Waals surface area contributed by atoms with E-state index in [0.29, 0.717) is 25.6 Å². The summed E-state index contributed by atoms with van der Waals surface area (Å²) in [6.45, 7) is 6.87. The van der Waals surface area contributed by atoms with Crippen molar-refractivity contribution in [1.29, 1.82) is 0 Å². The molecule has 0 aromatic heterocycles. The van der Waals surface area contributed by atoms with Gasteiger partial charge in [-0.1, -0.05) is 67.8 Å². The standard InChI is InChI=1S/C33H41N3O3/c1-33(2,3)39-32(38)35-20-21-36(31(37)34-29-12-8-5-9-13-29)30-19-18-27(22-28(30)23-35)26-16-14-25(15-17-26)24-10-6-4-7-11-24/h5,8-9,12-17,22,24H,4,6-7,10-11,18-21,23H2,1-3H3,(H,34,37). The second-order valence-corrected chi connectivity index (χ2v) is 11.9. The predicted octanol–water partition coefficient (Wildman–Crippen LogP) is 7.95. The molecule has 5 rings (SSSR count). The van der Waals surface area contributed by atoms with Gasteiger partial charge < -0.3 is 15.0 Å². The Bertz CT molecular complexity index is 1240. The summed E-state index contributed by atoms with van der Waals surface area (Å²) < 4.78 is 5.71. The van der Waals surface area contributed by atoms with E-state index in [-0.39, 0.29) is 12.1 Å². The van der Waals surface area contributed by atoms with Gasteiger partial charge in [0.2, 0.25) is 0 Å². The number of nitrogens with one attached hydrogen (secondary N) is 1. The maximum absolute atomic E-state index is 13.4. The molecule has 3 amide bonds. The second-order valence-electron chi connectivity index (χ2n) is 11.9. The predicted molar refractivity (Wildman–Crippen MR) is 156 cm³/mol. The second kappa shape index (κ2) is 11.7. The molecule has 0 saturated heterocycles. The molecular weight excluding hydrogens is 486 g/mol. The number of nitrogens with zero attached hydrogens (tertiary/aromatic N) is 2. The fourth-order valence-corrected chi connectivity index (χ4v) is 5.92. The molecule has 0 atom stereocenters. The van der Waals surface area contributed by atoms with Gasteiger partial charge in [0.25, 0.3) is 0 Å². The zero-order chi connectivity index (χ0) is 27.4. The summed E-state index contributed by atoms with van der Waals surface area (Å²) in [5, 5.41) is 3.03. The molecule has 39 heavy (non-hydrogen) atoms. The molecule has 2 aromatic carbocycles. The summed E-state index contributed by atoms with van der Waals surface area (Å²) in [4.78, 5) is 30.1. The van der Waals surface area contributed by atoms with Gasteiger partial charge >= 0.3 is 12.1 Å². The monoisotopic (exact) mass is 527 g/mol. The fraction of sp³-hybridized carbons (Fsp3) is 0.455. The van der Waals surface area contributed by atoms with Crippen LogP contribution in [-0.2, 0) is 4.74 Å². The summed E-state index contributed by atoms with van der Waals surface area (Å²) >= 11 is 0. The molecule has 1 saturated carbocycles. The average molecular weight is 528 g/mol. The number of hydrogen-bond donors (Lipinski definition) is 1. The average Bonchev–Trinajstić information content (AvgIpc) is 3.13. The highest BCUT2D eigenvalue weighted by Crippen LogP contribution is 2.37. The molecule has 1 fully saturated rings. The maximum Gasteiger partial charge on any atom is 0.410 e. The van der Waals surface area contributed by atoms with Gasteiger partial charge in [-0.15, -0.1) is 0 Å². The maximum atomic E-state index is 13.4. The van der Waals surface area contributed by atoms with E-state index in [9.17, 15) is 9.59 Å². The lowest BCUT2D eigenvalue weighted by atomic mass is 9.83. The number of para-hydroxylation sites is 1. The van der Waals surface area contributed by atoms with Crippen molar-refractivity contribution in [2.24, 2.45) is 0 Å². The van der Waals surface area contributed by atoms with Crippen LogP contribution in [0.1, 0.15) is 82.8 Å². The Morgan fingerprint density at radius 1 is 0.897 bits per heavy atom. The number of urea groups is 1. The fourth-order valence-electron chi connectivity index (χ4n) is 5.92. The van der Waals surface area contributed by atoms with E-state index in [0.717, 1.165) is 29.8 Å². The Hall–Kier alpha value is -3.54. The Labute approximate surface area is 232 Å². The molecular formula is C33H41N3O3. The van der Waals surface area contributed by atoms with E-state index in [1.54, 1.807) is 4.90 Å². The topological polar surface area (TPSA) is 61.9 Å². The number of anilines is 1. The summed E-state index contributed by atoms with van der Waals surface area (Å²) in [5.41, 5.74) is 6.06. The molecule has 0 unspecified atom stereocenters. The van der Waals surface area contributed by atoms with E-state index in [4.69, 9.17) is 4.74 Å². The van der Waals surface area contributed by atoms with Crippen LogP contribution in [0.25, 0.3) is 5.57 Å². The molecule has 6 nitrogen and oxygen atoms in total. The Morgan fingerprint density at radius 3 is 2.31 bits per heavy atom. The number of allylic oxidation sites excluding steroid dienone is 2. The van der Waals surface area contributed by atoms with Crippen LogP contribution in [0.5, 0.6) is 0 Å². The highest BCUT2D eigenvalue weighted by Gasteiger charge is 2.32. The van der Waals surface area contributed by atoms with Crippen molar-refractivity contribution in [1.82, 2.24) is 9.80 Å². The molecule has 1 heterocycles. The normalized spacial score (nSPS) is 18.7. The van der Waals surface area contributed by atoms with Gasteiger partial charge in [0.15, 0.2) is 0 Å². The largest absolute Gasteiger partial charge is 0.444 e. The SMILES string of the molecule is CC(C)(C)OC(=O)N1CCN(C(=O)Nc2ccccc2)C2=C(C=C(c3ccc(C4CCCCC4)cc3)CC2)C1. The summed E-state index contributed by atoms with van der Waals surface area (Å²) in [6.07, 6.45) is 10.0. The molecule has 1 aliphatic heterocycles. The Kier molecular flexibility index (Phi) is 8.10. The highest BCUT2D eigenvalue weighted by molar-refractivity contribution is 5.91. The molecule has 1 N–H and O–H groups in total. The lowest BCUT2D eigenvalue weighted by molar-refractivity contribution is 0.0268. The van der Waals surface area contributed by atoms with Crippen LogP contribution in [0, 0.1) is 0 Å². The van der Waals surface area contributed by atoms with Crippen LogP contribution in [0.3, 0.4) is 0 Å². The van der Waals surface area contributed by atoms with Crippen LogP contribution in [-0.4, -0.2) is 47.2 Å². The third-order valence-corrected chi connectivity index (χ3v) is 7.91. The van der Waals surface area contributed by atoms with E-state index >= 15 is 0 Å². The van der Waals surface area contributed by atoms with Crippen molar-refractivity contribution in [3.63, 3.8) is 0 Å². The zero-order valence-corrected chi connectivity index (χ0v) is 23.5. The number of ether oxygens (including phenoxy) is 1. The molecule has 0 radical (unpaired) electrons. The first-order chi connectivity index (χ1) is 18.8. The number of benzene rings is 2. The third-order valence-electron chi connectivity index (χ3n) is 7.91. The Morgan fingerprint density at radius 2 is 1.62 bits per heavy atom. The lowest BCUT2D eigenvalue weighted by Crippen LogP contribution is -2.41. The molecule has 0 spiro atoms. The van der Waals surface area contributed by atoms with Gasteiger partial charge in [-0.2, -0.15) is 0 Å². The summed E-state index contributed by atoms with van der Waals surface area (Å²) in [5.74, 6) is 0.684.